The minimum absolute atomic E-state index is 0.0496. The van der Waals surface area contributed by atoms with Crippen LogP contribution in [0, 0.1) is 17.1 Å². The summed E-state index contributed by atoms with van der Waals surface area (Å²) in [6.45, 7) is 3.21. The van der Waals surface area contributed by atoms with Crippen LogP contribution in [0.15, 0.2) is 66.9 Å². The molecule has 0 saturated heterocycles. The van der Waals surface area contributed by atoms with Crippen molar-refractivity contribution in [2.45, 2.75) is 50.3 Å². The second kappa shape index (κ2) is 11.9. The summed E-state index contributed by atoms with van der Waals surface area (Å²) >= 11 is 6.02. The number of benzene rings is 2. The van der Waals surface area contributed by atoms with E-state index in [1.54, 1.807) is 44.2 Å². The summed E-state index contributed by atoms with van der Waals surface area (Å²) in [5, 5.41) is 14.8. The zero-order valence-electron chi connectivity index (χ0n) is 20.8. The van der Waals surface area contributed by atoms with Crippen LogP contribution >= 0.6 is 11.6 Å². The van der Waals surface area contributed by atoms with Crippen molar-refractivity contribution in [1.82, 2.24) is 15.6 Å². The molecule has 2 aromatic carbocycles. The topological polar surface area (TPSA) is 87.0 Å². The number of halogens is 6. The lowest BCUT2D eigenvalue weighted by molar-refractivity contribution is -0.253. The largest absolute Gasteiger partial charge is 0.461 e. The van der Waals surface area contributed by atoms with Crippen molar-refractivity contribution in [1.29, 1.82) is 5.26 Å². The molecule has 12 heteroatoms. The molecule has 2 amide bonds. The number of hydrogen-bond acceptors (Lipinski definition) is 4. The van der Waals surface area contributed by atoms with Gasteiger partial charge in [-0.15, -0.1) is 0 Å². The second-order valence-electron chi connectivity index (χ2n) is 9.37. The van der Waals surface area contributed by atoms with Gasteiger partial charge >= 0.3 is 18.6 Å². The van der Waals surface area contributed by atoms with Crippen LogP contribution in [0.4, 0.5) is 26.7 Å². The van der Waals surface area contributed by atoms with Crippen LogP contribution in [-0.4, -0.2) is 29.1 Å². The van der Waals surface area contributed by atoms with Gasteiger partial charge in [0.1, 0.15) is 17.1 Å². The molecule has 0 bridgehead atoms. The third-order valence-electron chi connectivity index (χ3n) is 5.65. The first-order chi connectivity index (χ1) is 18.3. The molecule has 39 heavy (non-hydrogen) atoms. The first kappa shape index (κ1) is 29.6. The lowest BCUT2D eigenvalue weighted by Crippen LogP contribution is -2.56. The highest BCUT2D eigenvalue weighted by atomic mass is 35.5. The molecule has 206 valence electrons. The Kier molecular flexibility index (Phi) is 9.02. The fourth-order valence-corrected chi connectivity index (χ4v) is 4.01. The van der Waals surface area contributed by atoms with Gasteiger partial charge < -0.3 is 15.4 Å². The van der Waals surface area contributed by atoms with Crippen molar-refractivity contribution in [3.8, 4) is 11.8 Å². The molecular formula is C27H24ClF5N4O2. The van der Waals surface area contributed by atoms with Gasteiger partial charge in [-0.3, -0.25) is 4.98 Å². The van der Waals surface area contributed by atoms with E-state index >= 15 is 0 Å². The zero-order chi connectivity index (χ0) is 28.8. The van der Waals surface area contributed by atoms with Crippen molar-refractivity contribution < 1.29 is 31.5 Å². The van der Waals surface area contributed by atoms with Gasteiger partial charge in [-0.25, -0.2) is 9.18 Å². The van der Waals surface area contributed by atoms with Gasteiger partial charge in [0.25, 0.3) is 0 Å². The Hall–Kier alpha value is -3.91. The summed E-state index contributed by atoms with van der Waals surface area (Å²) in [6.07, 6.45) is -7.94. The van der Waals surface area contributed by atoms with Gasteiger partial charge in [0.2, 0.25) is 0 Å². The molecule has 3 aromatic rings. The van der Waals surface area contributed by atoms with Crippen LogP contribution in [0.25, 0.3) is 0 Å². The van der Waals surface area contributed by atoms with E-state index in [0.717, 1.165) is 12.1 Å². The molecule has 2 N–H and O–H groups in total. The maximum absolute atomic E-state index is 14.8. The predicted molar refractivity (Wildman–Crippen MR) is 134 cm³/mol. The Bertz CT molecular complexity index is 1330. The quantitative estimate of drug-likeness (QED) is 0.271. The molecule has 0 radical (unpaired) electrons. The number of urea groups is 1. The molecule has 1 atom stereocenters. The summed E-state index contributed by atoms with van der Waals surface area (Å²) in [5.41, 5.74) is -2.12. The van der Waals surface area contributed by atoms with E-state index in [4.69, 9.17) is 16.9 Å². The highest BCUT2D eigenvalue weighted by molar-refractivity contribution is 6.30. The van der Waals surface area contributed by atoms with Gasteiger partial charge in [0.15, 0.2) is 0 Å². The number of nitriles is 1. The Morgan fingerprint density at radius 1 is 1.10 bits per heavy atom. The van der Waals surface area contributed by atoms with Crippen LogP contribution in [0.2, 0.25) is 5.02 Å². The minimum atomic E-state index is -4.90. The highest BCUT2D eigenvalue weighted by Gasteiger charge is 2.45. The Morgan fingerprint density at radius 3 is 2.38 bits per heavy atom. The lowest BCUT2D eigenvalue weighted by atomic mass is 9.80. The molecule has 0 unspecified atom stereocenters. The van der Waals surface area contributed by atoms with Crippen molar-refractivity contribution in [3.05, 3.63) is 94.5 Å². The van der Waals surface area contributed by atoms with Crippen molar-refractivity contribution in [2.75, 3.05) is 0 Å². The molecule has 1 aromatic heterocycles. The molecule has 0 aliphatic heterocycles. The Morgan fingerprint density at radius 2 is 1.79 bits per heavy atom. The number of pyridine rings is 1. The molecule has 1 heterocycles. The van der Waals surface area contributed by atoms with E-state index in [0.29, 0.717) is 11.6 Å². The van der Waals surface area contributed by atoms with Gasteiger partial charge in [-0.05, 0) is 49.2 Å². The number of rotatable bonds is 10. The van der Waals surface area contributed by atoms with Crippen molar-refractivity contribution in [3.63, 3.8) is 0 Å². The van der Waals surface area contributed by atoms with Gasteiger partial charge in [0, 0.05) is 24.2 Å². The van der Waals surface area contributed by atoms with Gasteiger partial charge in [-0.2, -0.15) is 22.8 Å². The van der Waals surface area contributed by atoms with Gasteiger partial charge in [0.05, 0.1) is 23.2 Å². The van der Waals surface area contributed by atoms with Gasteiger partial charge in [-0.1, -0.05) is 41.9 Å². The third-order valence-corrected chi connectivity index (χ3v) is 5.87. The standard InChI is InChI=1S/C27H24ClF5N4O2/c1-25(2,10-11-34)36-24(38)37-26(15-17-6-4-3-5-7-17,22-9-8-19(28)16-35-22)18-12-20(29)14-21(13-18)39-27(32,33)23(30)31/h3-9,12-14,16,23H,10,15H2,1-2H3,(H2,36,37,38)/t26-/m0/s1. The van der Waals surface area contributed by atoms with E-state index < -0.39 is 41.2 Å². The number of ether oxygens (including phenoxy) is 1. The maximum atomic E-state index is 14.8. The number of aromatic nitrogens is 1. The zero-order valence-corrected chi connectivity index (χ0v) is 21.6. The first-order valence-corrected chi connectivity index (χ1v) is 11.9. The monoisotopic (exact) mass is 566 g/mol. The smallest absolute Gasteiger partial charge is 0.428 e. The molecule has 0 aliphatic rings. The molecule has 6 nitrogen and oxygen atoms in total. The molecule has 0 fully saturated rings. The number of hydrogen-bond donors (Lipinski definition) is 2. The summed E-state index contributed by atoms with van der Waals surface area (Å²) in [4.78, 5) is 17.6. The molecule has 0 saturated carbocycles. The predicted octanol–water partition coefficient (Wildman–Crippen LogP) is 6.59. The minimum Gasteiger partial charge on any atom is -0.428 e. The fraction of sp³-hybridized carbons (Fsp3) is 0.296. The lowest BCUT2D eigenvalue weighted by Gasteiger charge is -2.37. The first-order valence-electron chi connectivity index (χ1n) is 11.6. The number of alkyl halides is 4. The van der Waals surface area contributed by atoms with Crippen LogP contribution in [0.5, 0.6) is 5.75 Å². The average molecular weight is 567 g/mol. The Labute approximate surface area is 226 Å². The number of nitrogens with zero attached hydrogens (tertiary/aromatic N) is 2. The average Bonchev–Trinajstić information content (AvgIpc) is 2.83. The molecular weight excluding hydrogens is 543 g/mol. The maximum Gasteiger partial charge on any atom is 0.461 e. The summed E-state index contributed by atoms with van der Waals surface area (Å²) in [7, 11) is 0. The van der Waals surface area contributed by atoms with E-state index in [-0.39, 0.29) is 29.1 Å². The van der Waals surface area contributed by atoms with E-state index in [1.165, 1.54) is 18.3 Å². The summed E-state index contributed by atoms with van der Waals surface area (Å²) in [5.74, 6) is -1.99. The van der Waals surface area contributed by atoms with Crippen LogP contribution < -0.4 is 15.4 Å². The fourth-order valence-electron chi connectivity index (χ4n) is 3.90. The van der Waals surface area contributed by atoms with Crippen LogP contribution in [-0.2, 0) is 12.0 Å². The summed E-state index contributed by atoms with van der Waals surface area (Å²) < 4.78 is 72.2. The molecule has 0 aliphatic carbocycles. The van der Waals surface area contributed by atoms with E-state index in [1.807, 2.05) is 6.07 Å². The van der Waals surface area contributed by atoms with Crippen molar-refractivity contribution in [2.24, 2.45) is 0 Å². The van der Waals surface area contributed by atoms with Crippen LogP contribution in [0.1, 0.15) is 37.1 Å². The van der Waals surface area contributed by atoms with Crippen LogP contribution in [0.3, 0.4) is 0 Å². The number of carbonyl (C=O) groups excluding carboxylic acids is 1. The summed E-state index contributed by atoms with van der Waals surface area (Å²) in [6, 6.07) is 15.1. The molecule has 3 rings (SSSR count). The normalized spacial score (nSPS) is 13.3. The SMILES string of the molecule is CC(C)(CC#N)NC(=O)N[C@@](Cc1ccccc1)(c1cc(F)cc(OC(F)(F)C(F)F)c1)c1ccc(Cl)cn1. The van der Waals surface area contributed by atoms with Crippen molar-refractivity contribution >= 4 is 17.6 Å². The van der Waals surface area contributed by atoms with E-state index in [2.05, 4.69) is 20.4 Å². The number of amides is 2. The highest BCUT2D eigenvalue weighted by Crippen LogP contribution is 2.37. The second-order valence-corrected chi connectivity index (χ2v) is 9.80. The van der Waals surface area contributed by atoms with E-state index in [9.17, 15) is 26.7 Å². The number of nitrogens with one attached hydrogen (secondary N) is 2. The Balaban J connectivity index is 2.24. The third kappa shape index (κ3) is 7.57. The number of carbonyl (C=O) groups is 1. The molecule has 0 spiro atoms.